The summed E-state index contributed by atoms with van der Waals surface area (Å²) in [5, 5.41) is 0. The molecular weight excluding hydrogens is 262 g/mol. The van der Waals surface area contributed by atoms with Gasteiger partial charge in [0.1, 0.15) is 0 Å². The molecule has 0 aliphatic carbocycles. The maximum atomic E-state index is 6.44. The van der Waals surface area contributed by atoms with Crippen LogP contribution in [0, 0.1) is 0 Å². The van der Waals surface area contributed by atoms with Crippen molar-refractivity contribution in [2.24, 2.45) is 0 Å². The SMILES string of the molecule is C=C[CH2][Sn]([Cl])([CH2]C=C)[CH2]C=C. The third-order valence-electron chi connectivity index (χ3n) is 1.53. The molecule has 0 radical (unpaired) electrons. The zero-order chi connectivity index (χ0) is 8.74. The Kier molecular flexibility index (Phi) is 6.06. The van der Waals surface area contributed by atoms with Gasteiger partial charge in [-0.3, -0.25) is 0 Å². The van der Waals surface area contributed by atoms with Gasteiger partial charge in [0, 0.05) is 0 Å². The van der Waals surface area contributed by atoms with Gasteiger partial charge in [0.2, 0.25) is 0 Å². The number of halogens is 1. The van der Waals surface area contributed by atoms with E-state index in [2.05, 4.69) is 19.7 Å². The second-order valence-electron chi connectivity index (χ2n) is 2.63. The van der Waals surface area contributed by atoms with E-state index in [9.17, 15) is 0 Å². The van der Waals surface area contributed by atoms with Crippen molar-refractivity contribution in [1.82, 2.24) is 0 Å². The van der Waals surface area contributed by atoms with Crippen LogP contribution in [0.5, 0.6) is 0 Å². The van der Waals surface area contributed by atoms with E-state index in [1.54, 1.807) is 0 Å². The molecule has 0 saturated heterocycles. The van der Waals surface area contributed by atoms with Crippen LogP contribution in [-0.2, 0) is 0 Å². The van der Waals surface area contributed by atoms with Crippen LogP contribution in [-0.4, -0.2) is 17.3 Å². The third-order valence-corrected chi connectivity index (χ3v) is 13.4. The minimum absolute atomic E-state index is 1.01. The van der Waals surface area contributed by atoms with E-state index in [-0.39, 0.29) is 0 Å². The Morgan fingerprint density at radius 1 is 0.909 bits per heavy atom. The zero-order valence-electron chi connectivity index (χ0n) is 6.85. The molecule has 0 bridgehead atoms. The first kappa shape index (κ1) is 11.3. The summed E-state index contributed by atoms with van der Waals surface area (Å²) >= 11 is -2.35. The molecule has 0 nitrogen and oxygen atoms in total. The van der Waals surface area contributed by atoms with Crippen molar-refractivity contribution >= 4 is 26.2 Å². The van der Waals surface area contributed by atoms with Crippen LogP contribution < -0.4 is 0 Å². The Balaban J connectivity index is 4.09. The Labute approximate surface area is 77.2 Å². The van der Waals surface area contributed by atoms with Crippen molar-refractivity contribution in [2.45, 2.75) is 13.3 Å². The molecule has 0 aromatic carbocycles. The summed E-state index contributed by atoms with van der Waals surface area (Å²) in [6.07, 6.45) is 5.78. The Morgan fingerprint density at radius 3 is 1.36 bits per heavy atom. The van der Waals surface area contributed by atoms with Crippen LogP contribution in [0.4, 0.5) is 0 Å². The molecule has 0 aromatic heterocycles. The van der Waals surface area contributed by atoms with Crippen molar-refractivity contribution in [1.29, 1.82) is 0 Å². The van der Waals surface area contributed by atoms with E-state index in [1.165, 1.54) is 0 Å². The average molecular weight is 277 g/mol. The molecule has 0 unspecified atom stereocenters. The Morgan fingerprint density at radius 2 is 1.18 bits per heavy atom. The first-order chi connectivity index (χ1) is 5.18. The molecule has 0 aliphatic rings. The molecular formula is C9H15ClSn. The second kappa shape index (κ2) is 5.90. The zero-order valence-corrected chi connectivity index (χ0v) is 10.5. The summed E-state index contributed by atoms with van der Waals surface area (Å²) in [7, 11) is 6.44. The molecule has 0 amide bonds. The quantitative estimate of drug-likeness (QED) is 0.512. The number of hydrogen-bond acceptors (Lipinski definition) is 0. The average Bonchev–Trinajstić information content (AvgIpc) is 1.88. The number of rotatable bonds is 6. The van der Waals surface area contributed by atoms with Gasteiger partial charge < -0.3 is 0 Å². The molecule has 0 N–H and O–H groups in total. The van der Waals surface area contributed by atoms with Crippen molar-refractivity contribution in [3.05, 3.63) is 38.0 Å². The topological polar surface area (TPSA) is 0 Å². The number of hydrogen-bond donors (Lipinski definition) is 0. The van der Waals surface area contributed by atoms with E-state index in [1.807, 2.05) is 18.2 Å². The van der Waals surface area contributed by atoms with Crippen molar-refractivity contribution in [2.75, 3.05) is 0 Å². The molecule has 0 aromatic rings. The molecule has 62 valence electrons. The van der Waals surface area contributed by atoms with Crippen molar-refractivity contribution in [3.63, 3.8) is 0 Å². The molecule has 0 atom stereocenters. The van der Waals surface area contributed by atoms with Gasteiger partial charge in [0.25, 0.3) is 0 Å². The first-order valence-electron chi connectivity index (χ1n) is 3.70. The van der Waals surface area contributed by atoms with Crippen LogP contribution in [0.25, 0.3) is 0 Å². The van der Waals surface area contributed by atoms with Gasteiger partial charge in [-0.15, -0.1) is 0 Å². The third kappa shape index (κ3) is 4.70. The first-order valence-corrected chi connectivity index (χ1v) is 13.4. The van der Waals surface area contributed by atoms with E-state index in [0.717, 1.165) is 13.3 Å². The van der Waals surface area contributed by atoms with Crippen LogP contribution >= 0.6 is 8.92 Å². The van der Waals surface area contributed by atoms with E-state index < -0.39 is 17.3 Å². The Bertz CT molecular complexity index is 125. The summed E-state index contributed by atoms with van der Waals surface area (Å²) in [6, 6.07) is 0. The molecule has 0 heterocycles. The summed E-state index contributed by atoms with van der Waals surface area (Å²) in [5.41, 5.74) is 0. The maximum absolute atomic E-state index is 6.44. The minimum atomic E-state index is -2.35. The number of allylic oxidation sites excluding steroid dienone is 3. The Hall–Kier alpha value is 0.309. The molecule has 0 rings (SSSR count). The van der Waals surface area contributed by atoms with Crippen LogP contribution in [0.1, 0.15) is 0 Å². The summed E-state index contributed by atoms with van der Waals surface area (Å²) < 4.78 is 3.02. The van der Waals surface area contributed by atoms with Crippen LogP contribution in [0.2, 0.25) is 13.3 Å². The van der Waals surface area contributed by atoms with Gasteiger partial charge in [-0.1, -0.05) is 0 Å². The molecule has 11 heavy (non-hydrogen) atoms. The van der Waals surface area contributed by atoms with Crippen molar-refractivity contribution in [3.8, 4) is 0 Å². The normalized spacial score (nSPS) is 10.6. The molecule has 0 saturated carbocycles. The fraction of sp³-hybridized carbons (Fsp3) is 0.333. The monoisotopic (exact) mass is 278 g/mol. The summed E-state index contributed by atoms with van der Waals surface area (Å²) in [4.78, 5) is 0. The van der Waals surface area contributed by atoms with E-state index in [0.29, 0.717) is 0 Å². The molecule has 0 fully saturated rings. The summed E-state index contributed by atoms with van der Waals surface area (Å²) in [6.45, 7) is 11.1. The predicted molar refractivity (Wildman–Crippen MR) is 56.6 cm³/mol. The van der Waals surface area contributed by atoms with Crippen molar-refractivity contribution < 1.29 is 0 Å². The molecule has 0 spiro atoms. The van der Waals surface area contributed by atoms with Gasteiger partial charge in [-0.05, 0) is 0 Å². The van der Waals surface area contributed by atoms with E-state index >= 15 is 0 Å². The van der Waals surface area contributed by atoms with Gasteiger partial charge in [0.05, 0.1) is 0 Å². The van der Waals surface area contributed by atoms with Gasteiger partial charge >= 0.3 is 77.4 Å². The van der Waals surface area contributed by atoms with Crippen LogP contribution in [0.3, 0.4) is 0 Å². The van der Waals surface area contributed by atoms with Gasteiger partial charge in [0.15, 0.2) is 0 Å². The van der Waals surface area contributed by atoms with Gasteiger partial charge in [-0.2, -0.15) is 0 Å². The second-order valence-corrected chi connectivity index (χ2v) is 18.1. The van der Waals surface area contributed by atoms with Crippen LogP contribution in [0.15, 0.2) is 38.0 Å². The summed E-state index contributed by atoms with van der Waals surface area (Å²) in [5.74, 6) is 0. The molecule has 0 aliphatic heterocycles. The fourth-order valence-electron chi connectivity index (χ4n) is 1.03. The molecule has 2 heteroatoms. The standard InChI is InChI=1S/3C3H5.ClH.Sn/c3*1-3-2;;/h3*3H,1-2H2;1H;/q;;;;+1/p-1. The van der Waals surface area contributed by atoms with E-state index in [4.69, 9.17) is 8.92 Å². The van der Waals surface area contributed by atoms with Gasteiger partial charge in [-0.25, -0.2) is 0 Å². The predicted octanol–water partition coefficient (Wildman–Crippen LogP) is 3.73. The fourth-order valence-corrected chi connectivity index (χ4v) is 9.08.